The fourth-order valence-corrected chi connectivity index (χ4v) is 4.17. The predicted octanol–water partition coefficient (Wildman–Crippen LogP) is 5.23. The molecule has 28 heavy (non-hydrogen) atoms. The summed E-state index contributed by atoms with van der Waals surface area (Å²) >= 11 is 0. The van der Waals surface area contributed by atoms with Gasteiger partial charge in [0.2, 0.25) is 0 Å². The zero-order valence-corrected chi connectivity index (χ0v) is 16.4. The van der Waals surface area contributed by atoms with Gasteiger partial charge in [-0.3, -0.25) is 4.40 Å². The molecule has 0 N–H and O–H groups in total. The van der Waals surface area contributed by atoms with Crippen LogP contribution in [-0.4, -0.2) is 24.6 Å². The number of hydrogen-bond donors (Lipinski definition) is 0. The van der Waals surface area contributed by atoms with Crippen LogP contribution in [0.1, 0.15) is 36.7 Å². The smallest absolute Gasteiger partial charge is 0.172 e. The molecule has 0 saturated carbocycles. The summed E-state index contributed by atoms with van der Waals surface area (Å²) in [6.45, 7) is 8.43. The van der Waals surface area contributed by atoms with Crippen molar-refractivity contribution in [1.82, 2.24) is 24.6 Å². The van der Waals surface area contributed by atoms with Gasteiger partial charge in [0.25, 0.3) is 0 Å². The molecule has 0 aliphatic heterocycles. The number of aryl methyl sites for hydroxylation is 2. The third kappa shape index (κ3) is 2.26. The average molecular weight is 367 g/mol. The molecule has 138 valence electrons. The molecule has 2 aromatic carbocycles. The molecule has 0 aliphatic rings. The number of aromatic nitrogens is 5. The van der Waals surface area contributed by atoms with E-state index in [4.69, 9.17) is 0 Å². The molecule has 0 atom stereocenters. The summed E-state index contributed by atoms with van der Waals surface area (Å²) in [6.07, 6.45) is 1.60. The van der Waals surface area contributed by atoms with Crippen molar-refractivity contribution in [2.24, 2.45) is 0 Å². The minimum Gasteiger partial charge on any atom is -0.274 e. The van der Waals surface area contributed by atoms with Gasteiger partial charge < -0.3 is 0 Å². The van der Waals surface area contributed by atoms with Gasteiger partial charge in [-0.1, -0.05) is 50.2 Å². The largest absolute Gasteiger partial charge is 0.274 e. The Bertz CT molecular complexity index is 1340. The molecule has 5 rings (SSSR count). The summed E-state index contributed by atoms with van der Waals surface area (Å²) < 4.78 is 2.17. The van der Waals surface area contributed by atoms with Gasteiger partial charge in [0.15, 0.2) is 11.5 Å². The van der Waals surface area contributed by atoms with Crippen LogP contribution in [0.5, 0.6) is 0 Å². The number of para-hydroxylation sites is 1. The maximum atomic E-state index is 4.66. The first-order valence-corrected chi connectivity index (χ1v) is 9.55. The zero-order valence-electron chi connectivity index (χ0n) is 16.4. The fourth-order valence-electron chi connectivity index (χ4n) is 4.17. The number of fused-ring (bicyclic) bond motifs is 6. The van der Waals surface area contributed by atoms with Crippen LogP contribution in [0.3, 0.4) is 0 Å². The normalized spacial score (nSPS) is 11.9. The second-order valence-corrected chi connectivity index (χ2v) is 7.54. The predicted molar refractivity (Wildman–Crippen MR) is 113 cm³/mol. The van der Waals surface area contributed by atoms with Crippen LogP contribution < -0.4 is 0 Å². The van der Waals surface area contributed by atoms with Gasteiger partial charge in [-0.15, -0.1) is 10.2 Å². The van der Waals surface area contributed by atoms with Crippen molar-refractivity contribution in [1.29, 1.82) is 0 Å². The summed E-state index contributed by atoms with van der Waals surface area (Å²) in [7, 11) is 0. The van der Waals surface area contributed by atoms with Crippen LogP contribution in [0.25, 0.3) is 38.7 Å². The topological polar surface area (TPSA) is 56.0 Å². The van der Waals surface area contributed by atoms with E-state index < -0.39 is 0 Å². The van der Waals surface area contributed by atoms with Gasteiger partial charge in [-0.2, -0.15) is 0 Å². The summed E-state index contributed by atoms with van der Waals surface area (Å²) in [5, 5.41) is 12.9. The number of rotatable bonds is 2. The van der Waals surface area contributed by atoms with Crippen molar-refractivity contribution in [3.05, 3.63) is 65.7 Å². The van der Waals surface area contributed by atoms with Gasteiger partial charge in [0.05, 0.1) is 22.5 Å². The highest BCUT2D eigenvalue weighted by atomic mass is 15.3. The van der Waals surface area contributed by atoms with Crippen molar-refractivity contribution < 1.29 is 0 Å². The van der Waals surface area contributed by atoms with E-state index >= 15 is 0 Å². The molecule has 0 spiro atoms. The van der Waals surface area contributed by atoms with Gasteiger partial charge in [-0.25, -0.2) is 9.97 Å². The van der Waals surface area contributed by atoms with Crippen LogP contribution in [0.4, 0.5) is 0 Å². The second kappa shape index (κ2) is 6.09. The van der Waals surface area contributed by atoms with Crippen molar-refractivity contribution >= 4 is 27.3 Å². The molecular formula is C23H21N5. The Morgan fingerprint density at radius 1 is 0.821 bits per heavy atom. The molecular weight excluding hydrogens is 346 g/mol. The van der Waals surface area contributed by atoms with Gasteiger partial charge in [-0.05, 0) is 36.8 Å². The minimum absolute atomic E-state index is 0.386. The first-order valence-electron chi connectivity index (χ1n) is 9.55. The van der Waals surface area contributed by atoms with Gasteiger partial charge in [0, 0.05) is 10.8 Å². The Hall–Kier alpha value is -3.34. The molecule has 0 fully saturated rings. The molecule has 5 aromatic rings. The second-order valence-electron chi connectivity index (χ2n) is 7.54. The zero-order chi connectivity index (χ0) is 19.4. The third-order valence-electron chi connectivity index (χ3n) is 5.49. The van der Waals surface area contributed by atoms with Crippen molar-refractivity contribution in [2.75, 3.05) is 0 Å². The monoisotopic (exact) mass is 367 g/mol. The lowest BCUT2D eigenvalue weighted by atomic mass is 9.95. The van der Waals surface area contributed by atoms with E-state index in [1.807, 2.05) is 13.8 Å². The highest BCUT2D eigenvalue weighted by Gasteiger charge is 2.21. The van der Waals surface area contributed by atoms with Crippen LogP contribution in [0, 0.1) is 13.8 Å². The average Bonchev–Trinajstić information content (AvgIpc) is 3.12. The Balaban J connectivity index is 2.06. The highest BCUT2D eigenvalue weighted by Crippen LogP contribution is 2.36. The molecule has 0 bridgehead atoms. The van der Waals surface area contributed by atoms with E-state index in [-0.39, 0.29) is 0 Å². The summed E-state index contributed by atoms with van der Waals surface area (Å²) in [5.41, 5.74) is 6.02. The first kappa shape index (κ1) is 16.8. The Kier molecular flexibility index (Phi) is 3.66. The van der Waals surface area contributed by atoms with Crippen LogP contribution in [0.2, 0.25) is 0 Å². The third-order valence-corrected chi connectivity index (χ3v) is 5.49. The van der Waals surface area contributed by atoms with Gasteiger partial charge >= 0.3 is 0 Å². The fraction of sp³-hybridized carbons (Fsp3) is 0.217. The molecule has 3 heterocycles. The minimum atomic E-state index is 0.386. The molecule has 5 heteroatoms. The lowest BCUT2D eigenvalue weighted by Crippen LogP contribution is -2.01. The Morgan fingerprint density at radius 2 is 1.54 bits per heavy atom. The molecule has 3 aromatic heterocycles. The SMILES string of the molecule is Cc1ncnc(C)c1-c1nnc2c3c(C(C)C)cccc3c3ccccc3n12. The van der Waals surface area contributed by atoms with Gasteiger partial charge in [0.1, 0.15) is 6.33 Å². The molecule has 0 aliphatic carbocycles. The highest BCUT2D eigenvalue weighted by molar-refractivity contribution is 6.13. The van der Waals surface area contributed by atoms with Crippen molar-refractivity contribution in [2.45, 2.75) is 33.6 Å². The Morgan fingerprint density at radius 3 is 2.29 bits per heavy atom. The summed E-state index contributed by atoms with van der Waals surface area (Å²) in [6, 6.07) is 15.0. The molecule has 0 unspecified atom stereocenters. The number of nitrogens with zero attached hydrogens (tertiary/aromatic N) is 5. The van der Waals surface area contributed by atoms with E-state index in [2.05, 4.69) is 80.9 Å². The van der Waals surface area contributed by atoms with Crippen LogP contribution in [0.15, 0.2) is 48.8 Å². The van der Waals surface area contributed by atoms with E-state index in [0.29, 0.717) is 5.92 Å². The van der Waals surface area contributed by atoms with E-state index in [1.54, 1.807) is 6.33 Å². The maximum Gasteiger partial charge on any atom is 0.172 e. The lowest BCUT2D eigenvalue weighted by Gasteiger charge is -2.15. The molecule has 0 radical (unpaired) electrons. The molecule has 0 saturated heterocycles. The maximum absolute atomic E-state index is 4.66. The number of benzene rings is 2. The quantitative estimate of drug-likeness (QED) is 0.401. The van der Waals surface area contributed by atoms with E-state index in [9.17, 15) is 0 Å². The van der Waals surface area contributed by atoms with Crippen LogP contribution in [-0.2, 0) is 0 Å². The van der Waals surface area contributed by atoms with Crippen LogP contribution >= 0.6 is 0 Å². The summed E-state index contributed by atoms with van der Waals surface area (Å²) in [5.74, 6) is 1.18. The number of pyridine rings is 1. The lowest BCUT2D eigenvalue weighted by molar-refractivity contribution is 0.876. The molecule has 5 nitrogen and oxygen atoms in total. The standard InChI is InChI=1S/C23H21N5/c1-13(2)16-9-7-10-18-17-8-5-6-11-19(17)28-22(26-27-23(28)21(16)18)20-14(3)24-12-25-15(20)4/h5-13H,1-4H3. The Labute approximate surface area is 163 Å². The van der Waals surface area contributed by atoms with Crippen molar-refractivity contribution in [3.8, 4) is 11.4 Å². The van der Waals surface area contributed by atoms with Crippen molar-refractivity contribution in [3.63, 3.8) is 0 Å². The first-order chi connectivity index (χ1) is 13.6. The van der Waals surface area contributed by atoms with E-state index in [1.165, 1.54) is 21.7 Å². The molecule has 0 amide bonds. The van der Waals surface area contributed by atoms with E-state index in [0.717, 1.165) is 33.9 Å². The summed E-state index contributed by atoms with van der Waals surface area (Å²) in [4.78, 5) is 8.80. The number of hydrogen-bond acceptors (Lipinski definition) is 4.